The zero-order chi connectivity index (χ0) is 20.6. The van der Waals surface area contributed by atoms with E-state index in [0.717, 1.165) is 24.1 Å². The molecular formula is C21H22ClN5O2. The Hall–Kier alpha value is -2.82. The molecule has 0 atom stereocenters. The molecule has 1 saturated carbocycles. The lowest BCUT2D eigenvalue weighted by Crippen LogP contribution is -2.20. The minimum absolute atomic E-state index is 0.138. The summed E-state index contributed by atoms with van der Waals surface area (Å²) in [5.74, 6) is 6.62. The van der Waals surface area contributed by atoms with Crippen LogP contribution in [-0.4, -0.2) is 33.1 Å². The van der Waals surface area contributed by atoms with Crippen molar-refractivity contribution < 1.29 is 9.90 Å². The summed E-state index contributed by atoms with van der Waals surface area (Å²) in [5.41, 5.74) is 8.08. The molecule has 29 heavy (non-hydrogen) atoms. The Morgan fingerprint density at radius 2 is 2.14 bits per heavy atom. The van der Waals surface area contributed by atoms with Crippen LogP contribution in [0.2, 0.25) is 5.02 Å². The van der Waals surface area contributed by atoms with Crippen molar-refractivity contribution in [1.29, 1.82) is 0 Å². The van der Waals surface area contributed by atoms with E-state index in [1.165, 1.54) is 13.1 Å². The lowest BCUT2D eigenvalue weighted by Gasteiger charge is -2.20. The van der Waals surface area contributed by atoms with Crippen LogP contribution < -0.4 is 16.0 Å². The van der Waals surface area contributed by atoms with Gasteiger partial charge in [0.2, 0.25) is 11.9 Å². The Morgan fingerprint density at radius 1 is 1.38 bits per heavy atom. The maximum Gasteiger partial charge on any atom is 0.222 e. The SMILES string of the molecule is CC(=O)Nc1cc(C#CC2(O)CCCC2)cc2c1CCN2c1nc(N)ncc1Cl. The van der Waals surface area contributed by atoms with Gasteiger partial charge in [-0.3, -0.25) is 4.79 Å². The van der Waals surface area contributed by atoms with Crippen LogP contribution in [0.4, 0.5) is 23.1 Å². The van der Waals surface area contributed by atoms with Crippen LogP contribution in [0.5, 0.6) is 0 Å². The van der Waals surface area contributed by atoms with Gasteiger partial charge < -0.3 is 21.1 Å². The molecule has 4 rings (SSSR count). The van der Waals surface area contributed by atoms with Crippen LogP contribution in [0.1, 0.15) is 43.7 Å². The molecule has 150 valence electrons. The lowest BCUT2D eigenvalue weighted by molar-refractivity contribution is -0.114. The highest BCUT2D eigenvalue weighted by atomic mass is 35.5. The summed E-state index contributed by atoms with van der Waals surface area (Å²) in [7, 11) is 0. The second-order valence-electron chi connectivity index (χ2n) is 7.49. The van der Waals surface area contributed by atoms with Crippen molar-refractivity contribution in [2.24, 2.45) is 0 Å². The fourth-order valence-electron chi connectivity index (χ4n) is 3.93. The Bertz CT molecular complexity index is 1040. The number of nitrogen functional groups attached to an aromatic ring is 1. The number of nitrogens with zero attached hydrogens (tertiary/aromatic N) is 3. The summed E-state index contributed by atoms with van der Waals surface area (Å²) in [5, 5.41) is 13.8. The van der Waals surface area contributed by atoms with Crippen LogP contribution in [-0.2, 0) is 11.2 Å². The average molecular weight is 412 g/mol. The van der Waals surface area contributed by atoms with Gasteiger partial charge in [-0.25, -0.2) is 4.98 Å². The van der Waals surface area contributed by atoms with Crippen molar-refractivity contribution >= 4 is 40.6 Å². The maximum atomic E-state index is 11.7. The molecule has 1 aromatic heterocycles. The Kier molecular flexibility index (Phi) is 5.07. The minimum Gasteiger partial charge on any atom is -0.378 e. The van der Waals surface area contributed by atoms with Crippen LogP contribution in [0.15, 0.2) is 18.3 Å². The molecule has 0 spiro atoms. The molecule has 0 bridgehead atoms. The first-order valence-corrected chi connectivity index (χ1v) is 9.98. The Morgan fingerprint density at radius 3 is 2.86 bits per heavy atom. The number of anilines is 4. The van der Waals surface area contributed by atoms with Crippen LogP contribution in [0.25, 0.3) is 0 Å². The number of nitrogens with one attached hydrogen (secondary N) is 1. The second kappa shape index (κ2) is 7.54. The topological polar surface area (TPSA) is 104 Å². The lowest BCUT2D eigenvalue weighted by atomic mass is 10.0. The van der Waals surface area contributed by atoms with Gasteiger partial charge in [0.15, 0.2) is 5.82 Å². The van der Waals surface area contributed by atoms with E-state index in [1.54, 1.807) is 0 Å². The van der Waals surface area contributed by atoms with Crippen molar-refractivity contribution in [3.63, 3.8) is 0 Å². The predicted molar refractivity (Wildman–Crippen MR) is 113 cm³/mol. The van der Waals surface area contributed by atoms with Crippen molar-refractivity contribution in [1.82, 2.24) is 9.97 Å². The second-order valence-corrected chi connectivity index (χ2v) is 7.90. The van der Waals surface area contributed by atoms with Crippen molar-refractivity contribution in [3.05, 3.63) is 34.5 Å². The van der Waals surface area contributed by atoms with Gasteiger partial charge in [-0.2, -0.15) is 4.98 Å². The van der Waals surface area contributed by atoms with Gasteiger partial charge >= 0.3 is 0 Å². The molecule has 2 heterocycles. The smallest absolute Gasteiger partial charge is 0.222 e. The molecule has 1 fully saturated rings. The molecular weight excluding hydrogens is 390 g/mol. The normalized spacial score (nSPS) is 16.9. The first-order valence-electron chi connectivity index (χ1n) is 9.60. The highest BCUT2D eigenvalue weighted by Gasteiger charge is 2.29. The van der Waals surface area contributed by atoms with Crippen LogP contribution in [0.3, 0.4) is 0 Å². The molecule has 1 aliphatic heterocycles. The third kappa shape index (κ3) is 4.00. The van der Waals surface area contributed by atoms with E-state index in [4.69, 9.17) is 17.3 Å². The molecule has 2 aromatic rings. The van der Waals surface area contributed by atoms with Crippen molar-refractivity contribution in [3.8, 4) is 11.8 Å². The number of carbonyl (C=O) groups is 1. The molecule has 1 amide bonds. The molecule has 1 aromatic carbocycles. The third-order valence-electron chi connectivity index (χ3n) is 5.28. The van der Waals surface area contributed by atoms with Gasteiger partial charge in [-0.15, -0.1) is 0 Å². The predicted octanol–water partition coefficient (Wildman–Crippen LogP) is 3.02. The number of fused-ring (bicyclic) bond motifs is 1. The minimum atomic E-state index is -0.933. The summed E-state index contributed by atoms with van der Waals surface area (Å²) in [6.07, 6.45) is 5.52. The van der Waals surface area contributed by atoms with E-state index in [2.05, 4.69) is 27.1 Å². The molecule has 0 radical (unpaired) electrons. The molecule has 7 nitrogen and oxygen atoms in total. The van der Waals surface area contributed by atoms with Gasteiger partial charge in [-0.1, -0.05) is 23.4 Å². The zero-order valence-corrected chi connectivity index (χ0v) is 16.9. The van der Waals surface area contributed by atoms with E-state index in [-0.39, 0.29) is 11.9 Å². The van der Waals surface area contributed by atoms with E-state index in [0.29, 0.717) is 47.9 Å². The van der Waals surface area contributed by atoms with Gasteiger partial charge in [0.05, 0.1) is 6.20 Å². The summed E-state index contributed by atoms with van der Waals surface area (Å²) in [6.45, 7) is 2.11. The largest absolute Gasteiger partial charge is 0.378 e. The van der Waals surface area contributed by atoms with Gasteiger partial charge in [0.25, 0.3) is 0 Å². The molecule has 8 heteroatoms. The van der Waals surface area contributed by atoms with Crippen LogP contribution in [0, 0.1) is 11.8 Å². The zero-order valence-electron chi connectivity index (χ0n) is 16.1. The number of benzene rings is 1. The number of nitrogens with two attached hydrogens (primary N) is 1. The number of halogens is 1. The maximum absolute atomic E-state index is 11.7. The van der Waals surface area contributed by atoms with E-state index in [9.17, 15) is 9.90 Å². The summed E-state index contributed by atoms with van der Waals surface area (Å²) < 4.78 is 0. The van der Waals surface area contributed by atoms with Crippen molar-refractivity contribution in [2.45, 2.75) is 44.6 Å². The Labute approximate surface area is 174 Å². The van der Waals surface area contributed by atoms with Gasteiger partial charge in [0, 0.05) is 36.0 Å². The third-order valence-corrected chi connectivity index (χ3v) is 5.55. The Balaban J connectivity index is 1.79. The average Bonchev–Trinajstić information content (AvgIpc) is 3.29. The highest BCUT2D eigenvalue weighted by molar-refractivity contribution is 6.33. The number of aromatic nitrogens is 2. The fraction of sp³-hybridized carbons (Fsp3) is 0.381. The van der Waals surface area contributed by atoms with Crippen LogP contribution >= 0.6 is 11.6 Å². The fourth-order valence-corrected chi connectivity index (χ4v) is 4.12. The number of rotatable bonds is 2. The summed E-state index contributed by atoms with van der Waals surface area (Å²) >= 11 is 6.32. The number of hydrogen-bond donors (Lipinski definition) is 3. The highest BCUT2D eigenvalue weighted by Crippen LogP contribution is 2.41. The molecule has 2 aliphatic rings. The summed E-state index contributed by atoms with van der Waals surface area (Å²) in [6, 6.07) is 3.79. The first-order chi connectivity index (χ1) is 13.8. The van der Waals surface area contributed by atoms with Gasteiger partial charge in [-0.05, 0) is 44.2 Å². The van der Waals surface area contributed by atoms with E-state index >= 15 is 0 Å². The number of hydrogen-bond acceptors (Lipinski definition) is 6. The molecule has 0 saturated heterocycles. The van der Waals surface area contributed by atoms with E-state index < -0.39 is 5.60 Å². The monoisotopic (exact) mass is 411 g/mol. The summed E-state index contributed by atoms with van der Waals surface area (Å²) in [4.78, 5) is 21.9. The number of aliphatic hydroxyl groups is 1. The number of carbonyl (C=O) groups excluding carboxylic acids is 1. The van der Waals surface area contributed by atoms with Crippen molar-refractivity contribution in [2.75, 3.05) is 22.5 Å². The van der Waals surface area contributed by atoms with Gasteiger partial charge in [0.1, 0.15) is 10.6 Å². The molecule has 4 N–H and O–H groups in total. The van der Waals surface area contributed by atoms with E-state index in [1.807, 2.05) is 17.0 Å². The standard InChI is InChI=1S/C21H22ClN5O2/c1-13(28)25-17-10-14(4-8-21(29)6-2-3-7-21)11-18-15(17)5-9-27(18)19-16(22)12-24-20(23)26-19/h10-12,29H,2-3,5-7,9H2,1H3,(H,25,28)(H2,23,24,26). The molecule has 0 unspecified atom stereocenters. The number of amides is 1. The molecule has 1 aliphatic carbocycles. The first kappa shape index (κ1) is 19.5. The quantitative estimate of drug-likeness (QED) is 0.656.